The second kappa shape index (κ2) is 3.29. The molecule has 0 amide bonds. The van der Waals surface area contributed by atoms with Gasteiger partial charge in [0.15, 0.2) is 0 Å². The lowest BCUT2D eigenvalue weighted by Gasteiger charge is -2.18. The third-order valence-electron chi connectivity index (χ3n) is 1.20. The van der Waals surface area contributed by atoms with E-state index in [4.69, 9.17) is 0 Å². The van der Waals surface area contributed by atoms with Crippen LogP contribution in [0.3, 0.4) is 0 Å². The highest BCUT2D eigenvalue weighted by Crippen LogP contribution is 2.20. The summed E-state index contributed by atoms with van der Waals surface area (Å²) in [5.41, 5.74) is 0.476. The van der Waals surface area contributed by atoms with Gasteiger partial charge in [0.25, 0.3) is 0 Å². The molecule has 0 rings (SSSR count). The van der Waals surface area contributed by atoms with Gasteiger partial charge in [-0.15, -0.1) is 0 Å². The normalized spacial score (nSPS) is 12.2. The molecule has 0 saturated heterocycles. The molecule has 0 nitrogen and oxygen atoms in total. The number of rotatable bonds is 2. The van der Waals surface area contributed by atoms with Crippen molar-refractivity contribution in [3.8, 4) is 0 Å². The predicted octanol–water partition coefficient (Wildman–Crippen LogP) is 2.98. The van der Waals surface area contributed by atoms with Crippen molar-refractivity contribution in [2.75, 3.05) is 0 Å². The third kappa shape index (κ3) is 8.06. The fraction of sp³-hybridized carbons (Fsp3) is 1.00. The molecule has 53 valence electrons. The van der Waals surface area contributed by atoms with Crippen molar-refractivity contribution < 1.29 is 0 Å². The Labute approximate surface area is 60.3 Å². The van der Waals surface area contributed by atoms with E-state index >= 15 is 0 Å². The summed E-state index contributed by atoms with van der Waals surface area (Å²) in [6.07, 6.45) is 1.23. The predicted molar refractivity (Wildman–Crippen MR) is 45.1 cm³/mol. The molecular formula is C8H18B. The topological polar surface area (TPSA) is 0 Å². The first kappa shape index (κ1) is 9.06. The van der Waals surface area contributed by atoms with Crippen molar-refractivity contribution in [1.29, 1.82) is 0 Å². The zero-order valence-electron chi connectivity index (χ0n) is 7.36. The lowest BCUT2D eigenvalue weighted by atomic mass is 9.57. The van der Waals surface area contributed by atoms with Crippen molar-refractivity contribution in [2.45, 2.75) is 46.8 Å². The van der Waals surface area contributed by atoms with Crippen LogP contribution >= 0.6 is 0 Å². The van der Waals surface area contributed by atoms with Gasteiger partial charge in [-0.1, -0.05) is 46.8 Å². The van der Waals surface area contributed by atoms with E-state index in [1.807, 2.05) is 0 Å². The highest BCUT2D eigenvalue weighted by molar-refractivity contribution is 6.37. The fourth-order valence-electron chi connectivity index (χ4n) is 0.589. The van der Waals surface area contributed by atoms with Gasteiger partial charge in [-0.25, -0.2) is 0 Å². The van der Waals surface area contributed by atoms with Crippen LogP contribution in [0.15, 0.2) is 0 Å². The first-order valence-electron chi connectivity index (χ1n) is 3.75. The Morgan fingerprint density at radius 2 is 1.67 bits per heavy atom. The first-order valence-corrected chi connectivity index (χ1v) is 3.75. The van der Waals surface area contributed by atoms with Crippen LogP contribution in [0.5, 0.6) is 0 Å². The van der Waals surface area contributed by atoms with Crippen LogP contribution in [0.2, 0.25) is 12.1 Å². The molecule has 0 aliphatic carbocycles. The molecule has 0 spiro atoms. The van der Waals surface area contributed by atoms with Crippen LogP contribution < -0.4 is 0 Å². The molecule has 0 aliphatic heterocycles. The van der Waals surface area contributed by atoms with Gasteiger partial charge >= 0.3 is 0 Å². The molecule has 1 heteroatoms. The van der Waals surface area contributed by atoms with Crippen LogP contribution in [0, 0.1) is 5.41 Å². The maximum Gasteiger partial charge on any atom is 0.113 e. The Morgan fingerprint density at radius 3 is 1.78 bits per heavy atom. The van der Waals surface area contributed by atoms with E-state index in [9.17, 15) is 0 Å². The second-order valence-electron chi connectivity index (χ2n) is 4.24. The highest BCUT2D eigenvalue weighted by Gasteiger charge is 2.10. The van der Waals surface area contributed by atoms with Crippen molar-refractivity contribution in [3.05, 3.63) is 0 Å². The molecule has 0 atom stereocenters. The maximum absolute atomic E-state index is 2.38. The molecule has 0 fully saturated rings. The van der Waals surface area contributed by atoms with Gasteiger partial charge in [0.05, 0.1) is 0 Å². The summed E-state index contributed by atoms with van der Waals surface area (Å²) in [5, 5.41) is 0. The average Bonchev–Trinajstić information content (AvgIpc) is 1.59. The minimum atomic E-state index is 0.476. The van der Waals surface area contributed by atoms with E-state index in [1.165, 1.54) is 6.32 Å². The Balaban J connectivity index is 3.28. The minimum Gasteiger partial charge on any atom is -0.0752 e. The summed E-state index contributed by atoms with van der Waals surface area (Å²) in [6, 6.07) is 0. The molecule has 0 aliphatic rings. The smallest absolute Gasteiger partial charge is 0.0752 e. The summed E-state index contributed by atoms with van der Waals surface area (Å²) in [5.74, 6) is 0.740. The quantitative estimate of drug-likeness (QED) is 0.497. The first-order chi connectivity index (χ1) is 3.92. The van der Waals surface area contributed by atoms with Crippen molar-refractivity contribution in [3.63, 3.8) is 0 Å². The standard InChI is InChI=1S/C8H18B/c1-7(2)9-6-8(3,4)5/h7H,6H2,1-5H3. The SMILES string of the molecule is CC(C)[B]CC(C)(C)C. The monoisotopic (exact) mass is 125 g/mol. The Morgan fingerprint density at radius 1 is 1.22 bits per heavy atom. The Kier molecular flexibility index (Phi) is 3.31. The van der Waals surface area contributed by atoms with Crippen LogP contribution in [0.25, 0.3) is 0 Å². The zero-order valence-corrected chi connectivity index (χ0v) is 7.36. The van der Waals surface area contributed by atoms with E-state index in [1.54, 1.807) is 0 Å². The van der Waals surface area contributed by atoms with Gasteiger partial charge < -0.3 is 0 Å². The van der Waals surface area contributed by atoms with Gasteiger partial charge in [-0.2, -0.15) is 0 Å². The van der Waals surface area contributed by atoms with E-state index in [2.05, 4.69) is 41.9 Å². The van der Waals surface area contributed by atoms with Crippen LogP contribution in [0.4, 0.5) is 0 Å². The van der Waals surface area contributed by atoms with Gasteiger partial charge in [-0.05, 0) is 5.41 Å². The molecule has 1 radical (unpaired) electrons. The fourth-order valence-corrected chi connectivity index (χ4v) is 0.589. The molecule has 0 aromatic heterocycles. The molecule has 0 aromatic rings. The molecule has 9 heavy (non-hydrogen) atoms. The van der Waals surface area contributed by atoms with E-state index in [0.29, 0.717) is 5.41 Å². The van der Waals surface area contributed by atoms with Gasteiger partial charge in [-0.3, -0.25) is 0 Å². The van der Waals surface area contributed by atoms with Gasteiger partial charge in [0.2, 0.25) is 0 Å². The molecule has 0 bridgehead atoms. The summed E-state index contributed by atoms with van der Waals surface area (Å²) < 4.78 is 0. The van der Waals surface area contributed by atoms with E-state index in [0.717, 1.165) is 5.82 Å². The van der Waals surface area contributed by atoms with Crippen molar-refractivity contribution in [1.82, 2.24) is 0 Å². The molecule has 0 heterocycles. The highest BCUT2D eigenvalue weighted by atomic mass is 14.1. The lowest BCUT2D eigenvalue weighted by Crippen LogP contribution is -2.09. The summed E-state index contributed by atoms with van der Waals surface area (Å²) in [6.45, 7) is 11.3. The molecule has 0 unspecified atom stereocenters. The summed E-state index contributed by atoms with van der Waals surface area (Å²) in [4.78, 5) is 0. The van der Waals surface area contributed by atoms with E-state index in [-0.39, 0.29) is 0 Å². The Bertz CT molecular complexity index is 69.1. The van der Waals surface area contributed by atoms with E-state index < -0.39 is 0 Å². The summed E-state index contributed by atoms with van der Waals surface area (Å²) >= 11 is 0. The molecular weight excluding hydrogens is 107 g/mol. The molecule has 0 saturated carbocycles. The van der Waals surface area contributed by atoms with Crippen LogP contribution in [-0.2, 0) is 0 Å². The zero-order chi connectivity index (χ0) is 7.49. The number of hydrogen-bond donors (Lipinski definition) is 0. The largest absolute Gasteiger partial charge is 0.113 e. The average molecular weight is 125 g/mol. The molecule has 0 aromatic carbocycles. The third-order valence-corrected chi connectivity index (χ3v) is 1.20. The minimum absolute atomic E-state index is 0.476. The number of hydrogen-bond acceptors (Lipinski definition) is 0. The second-order valence-corrected chi connectivity index (χ2v) is 4.24. The van der Waals surface area contributed by atoms with Crippen LogP contribution in [-0.4, -0.2) is 7.28 Å². The van der Waals surface area contributed by atoms with Crippen LogP contribution in [0.1, 0.15) is 34.6 Å². The maximum atomic E-state index is 2.38. The Hall–Kier alpha value is 0.0649. The molecule has 0 N–H and O–H groups in total. The van der Waals surface area contributed by atoms with Crippen molar-refractivity contribution in [2.24, 2.45) is 5.41 Å². The summed E-state index contributed by atoms with van der Waals surface area (Å²) in [7, 11) is 2.38. The van der Waals surface area contributed by atoms with Gasteiger partial charge in [0, 0.05) is 0 Å². The van der Waals surface area contributed by atoms with Crippen molar-refractivity contribution >= 4 is 7.28 Å². The van der Waals surface area contributed by atoms with Gasteiger partial charge in [0.1, 0.15) is 7.28 Å². The lowest BCUT2D eigenvalue weighted by molar-refractivity contribution is 0.465.